The van der Waals surface area contributed by atoms with Gasteiger partial charge >= 0.3 is 0 Å². The van der Waals surface area contributed by atoms with Crippen LogP contribution in [0.2, 0.25) is 0 Å². The van der Waals surface area contributed by atoms with Crippen LogP contribution < -0.4 is 0 Å². The van der Waals surface area contributed by atoms with Crippen molar-refractivity contribution in [2.45, 2.75) is 0 Å². The van der Waals surface area contributed by atoms with E-state index in [1.165, 1.54) is 66.4 Å². The summed E-state index contributed by atoms with van der Waals surface area (Å²) in [4.78, 5) is 5.44. The third kappa shape index (κ3) is 6.02. The van der Waals surface area contributed by atoms with Crippen LogP contribution >= 0.6 is 0 Å². The van der Waals surface area contributed by atoms with Gasteiger partial charge in [0.1, 0.15) is 0 Å². The van der Waals surface area contributed by atoms with Crippen molar-refractivity contribution in [1.29, 1.82) is 0 Å². The number of hydrogen-bond acceptors (Lipinski definition) is 1. The van der Waals surface area contributed by atoms with E-state index in [-0.39, 0.29) is 0 Å². The van der Waals surface area contributed by atoms with Crippen molar-refractivity contribution in [1.82, 2.24) is 4.98 Å². The maximum Gasteiger partial charge on any atom is 0.0716 e. The Kier molecular flexibility index (Phi) is 8.23. The van der Waals surface area contributed by atoms with Crippen LogP contribution in [-0.2, 0) is 0 Å². The zero-order valence-corrected chi connectivity index (χ0v) is 31.8. The van der Waals surface area contributed by atoms with Crippen LogP contribution in [0.25, 0.3) is 111 Å². The van der Waals surface area contributed by atoms with Crippen LogP contribution in [0.15, 0.2) is 224 Å². The molecule has 0 radical (unpaired) electrons. The molecule has 0 saturated carbocycles. The average molecular weight is 736 g/mol. The Labute approximate surface area is 339 Å². The zero-order chi connectivity index (χ0) is 38.4. The van der Waals surface area contributed by atoms with Gasteiger partial charge in [-0.25, -0.2) is 4.98 Å². The summed E-state index contributed by atoms with van der Waals surface area (Å²) >= 11 is 0. The van der Waals surface area contributed by atoms with Crippen LogP contribution in [0, 0.1) is 0 Å². The molecule has 1 aliphatic rings. The fourth-order valence-electron chi connectivity index (χ4n) is 8.73. The molecule has 1 heteroatoms. The van der Waals surface area contributed by atoms with Crippen molar-refractivity contribution < 1.29 is 0 Å². The van der Waals surface area contributed by atoms with Gasteiger partial charge in [-0.3, -0.25) is 0 Å². The molecule has 0 fully saturated rings. The van der Waals surface area contributed by atoms with Gasteiger partial charge in [0.15, 0.2) is 0 Å². The van der Waals surface area contributed by atoms with Gasteiger partial charge in [0.05, 0.1) is 11.4 Å². The first kappa shape index (κ1) is 33.7. The van der Waals surface area contributed by atoms with Crippen molar-refractivity contribution in [3.63, 3.8) is 0 Å². The van der Waals surface area contributed by atoms with Gasteiger partial charge in [0.2, 0.25) is 0 Å². The first-order valence-corrected chi connectivity index (χ1v) is 19.9. The lowest BCUT2D eigenvalue weighted by atomic mass is 9.92. The summed E-state index contributed by atoms with van der Waals surface area (Å²) in [6, 6.07) is 81.2. The SMILES string of the molecule is c1ccc(-c2ccc(-c3cc(-c4ccc(-c5ccc6c7c(cccc57)-c5ccccc5-6)cc4)nc(-c4cc(-c5ccccc5)cc(-c5ccccc5)c4)c3)cc2)cc1. The van der Waals surface area contributed by atoms with E-state index in [9.17, 15) is 0 Å². The minimum absolute atomic E-state index is 0.936. The van der Waals surface area contributed by atoms with Gasteiger partial charge in [-0.2, -0.15) is 0 Å². The minimum atomic E-state index is 0.936. The predicted molar refractivity (Wildman–Crippen MR) is 244 cm³/mol. The lowest BCUT2D eigenvalue weighted by molar-refractivity contribution is 1.32. The molecule has 270 valence electrons. The summed E-state index contributed by atoms with van der Waals surface area (Å²) in [5.41, 5.74) is 21.1. The largest absolute Gasteiger partial charge is 0.248 e. The average Bonchev–Trinajstić information content (AvgIpc) is 3.64. The molecular weight excluding hydrogens is 699 g/mol. The van der Waals surface area contributed by atoms with Crippen LogP contribution in [0.1, 0.15) is 0 Å². The molecule has 0 spiro atoms. The Hall–Kier alpha value is -7.61. The fraction of sp³-hybridized carbons (Fsp3) is 0. The number of fused-ring (bicyclic) bond motifs is 3. The van der Waals surface area contributed by atoms with Gasteiger partial charge in [-0.15, -0.1) is 0 Å². The van der Waals surface area contributed by atoms with Gasteiger partial charge in [-0.05, 0) is 119 Å². The van der Waals surface area contributed by atoms with E-state index in [4.69, 9.17) is 4.98 Å². The Morgan fingerprint density at radius 2 is 0.586 bits per heavy atom. The molecule has 0 aliphatic heterocycles. The summed E-state index contributed by atoms with van der Waals surface area (Å²) in [5.74, 6) is 0. The van der Waals surface area contributed by atoms with Gasteiger partial charge in [0, 0.05) is 11.1 Å². The molecule has 9 aromatic carbocycles. The van der Waals surface area contributed by atoms with Crippen molar-refractivity contribution in [3.05, 3.63) is 224 Å². The Balaban J connectivity index is 1.04. The van der Waals surface area contributed by atoms with E-state index in [0.29, 0.717) is 0 Å². The quantitative estimate of drug-likeness (QED) is 0.159. The fourth-order valence-corrected chi connectivity index (χ4v) is 8.73. The Bertz CT molecular complexity index is 3020. The second kappa shape index (κ2) is 14.2. The van der Waals surface area contributed by atoms with Gasteiger partial charge < -0.3 is 0 Å². The number of hydrogen-bond donors (Lipinski definition) is 0. The highest BCUT2D eigenvalue weighted by atomic mass is 14.7. The lowest BCUT2D eigenvalue weighted by Crippen LogP contribution is -1.93. The molecular formula is C57H37N. The summed E-state index contributed by atoms with van der Waals surface area (Å²) < 4.78 is 0. The van der Waals surface area contributed by atoms with Crippen LogP contribution in [0.4, 0.5) is 0 Å². The molecule has 10 aromatic rings. The van der Waals surface area contributed by atoms with Crippen molar-refractivity contribution in [3.8, 4) is 100 Å². The van der Waals surface area contributed by atoms with Crippen LogP contribution in [-0.4, -0.2) is 4.98 Å². The molecule has 1 aromatic heterocycles. The molecule has 0 unspecified atom stereocenters. The Morgan fingerprint density at radius 3 is 1.17 bits per heavy atom. The van der Waals surface area contributed by atoms with E-state index in [0.717, 1.165) is 44.8 Å². The lowest BCUT2D eigenvalue weighted by Gasteiger charge is -2.14. The van der Waals surface area contributed by atoms with Crippen molar-refractivity contribution in [2.75, 3.05) is 0 Å². The molecule has 1 nitrogen and oxygen atoms in total. The summed E-state index contributed by atoms with van der Waals surface area (Å²) in [6.45, 7) is 0. The molecule has 0 N–H and O–H groups in total. The van der Waals surface area contributed by atoms with E-state index in [2.05, 4.69) is 224 Å². The minimum Gasteiger partial charge on any atom is -0.248 e. The van der Waals surface area contributed by atoms with E-state index < -0.39 is 0 Å². The highest BCUT2D eigenvalue weighted by Crippen LogP contribution is 2.49. The number of benzene rings is 9. The number of nitrogens with zero attached hydrogens (tertiary/aromatic N) is 1. The highest BCUT2D eigenvalue weighted by molar-refractivity contribution is 6.18. The zero-order valence-electron chi connectivity index (χ0n) is 31.8. The predicted octanol–water partition coefficient (Wildman–Crippen LogP) is 15.6. The first-order chi connectivity index (χ1) is 28.7. The second-order valence-electron chi connectivity index (χ2n) is 15.1. The molecule has 58 heavy (non-hydrogen) atoms. The van der Waals surface area contributed by atoms with E-state index >= 15 is 0 Å². The maximum absolute atomic E-state index is 5.44. The van der Waals surface area contributed by atoms with Crippen LogP contribution in [0.3, 0.4) is 0 Å². The van der Waals surface area contributed by atoms with E-state index in [1.807, 2.05) is 0 Å². The smallest absolute Gasteiger partial charge is 0.0716 e. The first-order valence-electron chi connectivity index (χ1n) is 19.9. The third-order valence-corrected chi connectivity index (χ3v) is 11.6. The third-order valence-electron chi connectivity index (χ3n) is 11.6. The Morgan fingerprint density at radius 1 is 0.207 bits per heavy atom. The standard InChI is InChI=1S/C57H37N/c1-4-13-38(14-5-1)41-23-25-42(26-24-41)47-36-55(58-56(37-47)48-34-45(39-15-6-2-7-16-39)33-46(35-48)40-17-8-3-9-18-40)44-29-27-43(28-30-44)49-31-32-54-51-20-11-10-19-50(51)53-22-12-21-52(49)57(53)54/h1-37H. The molecule has 1 aliphatic carbocycles. The topological polar surface area (TPSA) is 12.9 Å². The second-order valence-corrected chi connectivity index (χ2v) is 15.1. The molecule has 0 atom stereocenters. The number of rotatable bonds is 7. The summed E-state index contributed by atoms with van der Waals surface area (Å²) in [7, 11) is 0. The van der Waals surface area contributed by atoms with Crippen molar-refractivity contribution in [2.24, 2.45) is 0 Å². The summed E-state index contributed by atoms with van der Waals surface area (Å²) in [6.07, 6.45) is 0. The molecule has 1 heterocycles. The normalized spacial score (nSPS) is 11.4. The van der Waals surface area contributed by atoms with Crippen molar-refractivity contribution >= 4 is 10.8 Å². The number of pyridine rings is 1. The molecule has 0 saturated heterocycles. The van der Waals surface area contributed by atoms with Crippen LogP contribution in [0.5, 0.6) is 0 Å². The summed E-state index contributed by atoms with van der Waals surface area (Å²) in [5, 5.41) is 2.63. The highest BCUT2D eigenvalue weighted by Gasteiger charge is 2.22. The molecule has 0 bridgehead atoms. The molecule has 11 rings (SSSR count). The monoisotopic (exact) mass is 735 g/mol. The number of aromatic nitrogens is 1. The molecule has 0 amide bonds. The van der Waals surface area contributed by atoms with Gasteiger partial charge in [-0.1, -0.05) is 194 Å². The van der Waals surface area contributed by atoms with E-state index in [1.54, 1.807) is 0 Å². The van der Waals surface area contributed by atoms with Gasteiger partial charge in [0.25, 0.3) is 0 Å². The maximum atomic E-state index is 5.44.